The highest BCUT2D eigenvalue weighted by Gasteiger charge is 2.35. The van der Waals surface area contributed by atoms with Crippen LogP contribution in [0.1, 0.15) is 37.2 Å². The topological polar surface area (TPSA) is 77.1 Å². The zero-order valence-corrected chi connectivity index (χ0v) is 22.7. The number of hydrogen-bond acceptors (Lipinski definition) is 6. The Morgan fingerprint density at radius 2 is 1.86 bits per heavy atom. The maximum Gasteiger partial charge on any atom is 0.257 e. The Bertz CT molecular complexity index is 1020. The molecule has 2 heterocycles. The summed E-state index contributed by atoms with van der Waals surface area (Å²) in [5.74, 6) is -2.14. The van der Waals surface area contributed by atoms with E-state index in [-0.39, 0.29) is 36.5 Å². The number of aldehydes is 1. The van der Waals surface area contributed by atoms with Gasteiger partial charge in [0.25, 0.3) is 5.17 Å². The molecule has 2 N–H and O–H groups in total. The van der Waals surface area contributed by atoms with Gasteiger partial charge in [-0.15, -0.1) is 0 Å². The summed E-state index contributed by atoms with van der Waals surface area (Å²) in [6.45, 7) is 3.40. The molecule has 1 saturated carbocycles. The van der Waals surface area contributed by atoms with Crippen LogP contribution in [-0.4, -0.2) is 91.2 Å². The minimum absolute atomic E-state index is 0.00416. The minimum atomic E-state index is -1.03. The van der Waals surface area contributed by atoms with Gasteiger partial charge in [0.05, 0.1) is 19.1 Å². The molecule has 1 atom stereocenters. The van der Waals surface area contributed by atoms with Crippen molar-refractivity contribution >= 4 is 52.6 Å². The molecule has 1 aromatic carbocycles. The molecule has 0 bridgehead atoms. The van der Waals surface area contributed by atoms with Crippen molar-refractivity contribution in [1.29, 1.82) is 0 Å². The van der Waals surface area contributed by atoms with Crippen LogP contribution in [0, 0.1) is 17.6 Å². The summed E-state index contributed by atoms with van der Waals surface area (Å²) in [5.41, 5.74) is 0.0817. The van der Waals surface area contributed by atoms with E-state index >= 15 is 0 Å². The molecule has 0 aromatic heterocycles. The molecule has 0 radical (unpaired) electrons. The minimum Gasteiger partial charge on any atom is -0.464 e. The smallest absolute Gasteiger partial charge is 0.257 e. The van der Waals surface area contributed by atoms with E-state index in [0.29, 0.717) is 43.3 Å². The van der Waals surface area contributed by atoms with Gasteiger partial charge in [0.2, 0.25) is 5.91 Å². The van der Waals surface area contributed by atoms with Crippen LogP contribution in [0.3, 0.4) is 0 Å². The second-order valence-electron chi connectivity index (χ2n) is 10.1. The summed E-state index contributed by atoms with van der Waals surface area (Å²) in [6.07, 6.45) is 3.07. The first-order chi connectivity index (χ1) is 17.7. The first-order valence-electron chi connectivity index (χ1n) is 12.5. The van der Waals surface area contributed by atoms with E-state index in [9.17, 15) is 18.4 Å². The van der Waals surface area contributed by atoms with Crippen molar-refractivity contribution in [3.05, 3.63) is 29.3 Å². The fourth-order valence-corrected chi connectivity index (χ4v) is 5.13. The maximum absolute atomic E-state index is 14.8. The predicted molar refractivity (Wildman–Crippen MR) is 145 cm³/mol. The molecule has 202 valence electrons. The summed E-state index contributed by atoms with van der Waals surface area (Å²) in [4.78, 5) is 29.0. The van der Waals surface area contributed by atoms with Gasteiger partial charge in [-0.2, -0.15) is 0 Å². The SMILES string of the molecule is CNC(=O)CCC(C=O)c1c(F)cc(N2CC(NC(=S)OC3CN(C(=S)N(C)CC4CC4)C3)C2)cc1F. The first-order valence-corrected chi connectivity index (χ1v) is 13.4. The lowest BCUT2D eigenvalue weighted by atomic mass is 9.93. The summed E-state index contributed by atoms with van der Waals surface area (Å²) in [5, 5.41) is 6.74. The van der Waals surface area contributed by atoms with E-state index in [1.54, 1.807) is 0 Å². The number of nitrogens with zero attached hydrogens (tertiary/aromatic N) is 3. The maximum atomic E-state index is 14.8. The van der Waals surface area contributed by atoms with Crippen LogP contribution in [0.5, 0.6) is 0 Å². The number of ether oxygens (including phenoxy) is 1. The van der Waals surface area contributed by atoms with Crippen molar-refractivity contribution in [2.24, 2.45) is 5.92 Å². The molecule has 3 aliphatic rings. The number of anilines is 1. The van der Waals surface area contributed by atoms with Crippen LogP contribution in [0.15, 0.2) is 12.1 Å². The number of halogens is 2. The number of likely N-dealkylation sites (tertiary alicyclic amines) is 1. The van der Waals surface area contributed by atoms with E-state index in [1.165, 1.54) is 32.0 Å². The van der Waals surface area contributed by atoms with Crippen molar-refractivity contribution in [3.63, 3.8) is 0 Å². The number of amides is 1. The molecule has 8 nitrogen and oxygen atoms in total. The first kappa shape index (κ1) is 27.4. The Labute approximate surface area is 226 Å². The van der Waals surface area contributed by atoms with E-state index < -0.39 is 17.6 Å². The third kappa shape index (κ3) is 6.84. The monoisotopic (exact) mass is 553 g/mol. The molecule has 4 rings (SSSR count). The highest BCUT2D eigenvalue weighted by Crippen LogP contribution is 2.32. The fraction of sp³-hybridized carbons (Fsp3) is 0.600. The van der Waals surface area contributed by atoms with Crippen molar-refractivity contribution < 1.29 is 23.1 Å². The molecule has 0 spiro atoms. The second kappa shape index (κ2) is 11.8. The average Bonchev–Trinajstić information content (AvgIpc) is 3.62. The van der Waals surface area contributed by atoms with Crippen LogP contribution in [0.25, 0.3) is 0 Å². The number of rotatable bonds is 10. The average molecular weight is 554 g/mol. The summed E-state index contributed by atoms with van der Waals surface area (Å²) < 4.78 is 35.4. The zero-order valence-electron chi connectivity index (χ0n) is 21.0. The van der Waals surface area contributed by atoms with Gasteiger partial charge < -0.3 is 34.9 Å². The third-order valence-electron chi connectivity index (χ3n) is 7.08. The molecular weight excluding hydrogens is 520 g/mol. The number of nitrogens with one attached hydrogen (secondary N) is 2. The summed E-state index contributed by atoms with van der Waals surface area (Å²) in [7, 11) is 3.50. The number of thiocarbonyl (C=S) groups is 2. The molecule has 1 aromatic rings. The number of benzene rings is 1. The summed E-state index contributed by atoms with van der Waals surface area (Å²) in [6, 6.07) is 2.45. The molecule has 1 aliphatic carbocycles. The van der Waals surface area contributed by atoms with Gasteiger partial charge in [-0.05, 0) is 61.7 Å². The highest BCUT2D eigenvalue weighted by molar-refractivity contribution is 7.80. The molecule has 1 unspecified atom stereocenters. The van der Waals surface area contributed by atoms with Crippen LogP contribution < -0.4 is 15.5 Å². The molecule has 3 fully saturated rings. The molecular formula is C25H33F2N5O3S2. The van der Waals surface area contributed by atoms with Gasteiger partial charge in [0, 0.05) is 57.3 Å². The predicted octanol–water partition coefficient (Wildman–Crippen LogP) is 2.16. The standard InChI is InChI=1S/C25H33F2N5O3S2/c1-28-22(34)6-5-16(14-33)23-20(26)7-18(8-21(23)27)31-10-17(11-31)29-24(36)35-19-12-32(13-19)25(37)30(2)9-15-3-4-15/h7-8,14-17,19H,3-6,9-13H2,1-2H3,(H,28,34)(H,29,36). The lowest BCUT2D eigenvalue weighted by Crippen LogP contribution is -2.62. The van der Waals surface area contributed by atoms with Crippen LogP contribution >= 0.6 is 24.4 Å². The van der Waals surface area contributed by atoms with Crippen molar-refractivity contribution in [3.8, 4) is 0 Å². The molecule has 1 amide bonds. The van der Waals surface area contributed by atoms with Crippen LogP contribution in [-0.2, 0) is 14.3 Å². The second-order valence-corrected chi connectivity index (χ2v) is 10.8. The van der Waals surface area contributed by atoms with E-state index in [1.807, 2.05) is 11.9 Å². The van der Waals surface area contributed by atoms with Gasteiger partial charge in [0.15, 0.2) is 5.11 Å². The Morgan fingerprint density at radius 3 is 2.43 bits per heavy atom. The molecule has 2 saturated heterocycles. The lowest BCUT2D eigenvalue weighted by Gasteiger charge is -2.44. The Hall–Kier alpha value is -2.60. The highest BCUT2D eigenvalue weighted by atomic mass is 32.1. The lowest BCUT2D eigenvalue weighted by molar-refractivity contribution is -0.120. The number of hydrogen-bond donors (Lipinski definition) is 2. The van der Waals surface area contributed by atoms with Crippen molar-refractivity contribution in [2.75, 3.05) is 51.7 Å². The molecule has 12 heteroatoms. The number of carbonyl (C=O) groups is 2. The Morgan fingerprint density at radius 1 is 1.22 bits per heavy atom. The normalized spacial score (nSPS) is 18.4. The Kier molecular flexibility index (Phi) is 8.79. The van der Waals surface area contributed by atoms with Gasteiger partial charge >= 0.3 is 0 Å². The van der Waals surface area contributed by atoms with Crippen LogP contribution in [0.4, 0.5) is 14.5 Å². The third-order valence-corrected chi connectivity index (χ3v) is 7.86. The van der Waals surface area contributed by atoms with Crippen molar-refractivity contribution in [1.82, 2.24) is 20.4 Å². The van der Waals surface area contributed by atoms with Gasteiger partial charge in [-0.3, -0.25) is 4.79 Å². The quantitative estimate of drug-likeness (QED) is 0.335. The fourth-order valence-electron chi connectivity index (χ4n) is 4.61. The molecule has 2 aliphatic heterocycles. The van der Waals surface area contributed by atoms with Gasteiger partial charge in [0.1, 0.15) is 24.0 Å². The largest absolute Gasteiger partial charge is 0.464 e. The van der Waals surface area contributed by atoms with Gasteiger partial charge in [-0.25, -0.2) is 8.78 Å². The van der Waals surface area contributed by atoms with Crippen molar-refractivity contribution in [2.45, 2.75) is 43.7 Å². The van der Waals surface area contributed by atoms with Crippen LogP contribution in [0.2, 0.25) is 0 Å². The summed E-state index contributed by atoms with van der Waals surface area (Å²) >= 11 is 10.9. The van der Waals surface area contributed by atoms with E-state index in [4.69, 9.17) is 29.2 Å². The van der Waals surface area contributed by atoms with E-state index in [2.05, 4.69) is 20.4 Å². The Balaban J connectivity index is 1.20. The van der Waals surface area contributed by atoms with E-state index in [0.717, 1.165) is 17.6 Å². The van der Waals surface area contributed by atoms with Gasteiger partial charge in [-0.1, -0.05) is 0 Å². The zero-order chi connectivity index (χ0) is 26.7. The molecule has 37 heavy (non-hydrogen) atoms. The number of carbonyl (C=O) groups excluding carboxylic acids is 2.